The number of aromatic nitrogens is 1. The van der Waals surface area contributed by atoms with Gasteiger partial charge in [0.15, 0.2) is 17.0 Å². The molecule has 0 spiro atoms. The van der Waals surface area contributed by atoms with Crippen molar-refractivity contribution in [1.82, 2.24) is 4.98 Å². The number of rotatable bonds is 0. The van der Waals surface area contributed by atoms with E-state index in [-0.39, 0.29) is 39.2 Å². The fraction of sp³-hybridized carbons (Fsp3) is 0. The Morgan fingerprint density at radius 3 is 2.19 bits per heavy atom. The van der Waals surface area contributed by atoms with Gasteiger partial charge in [0.2, 0.25) is 0 Å². The van der Waals surface area contributed by atoms with Gasteiger partial charge in [-0.2, -0.15) is 0 Å². The summed E-state index contributed by atoms with van der Waals surface area (Å²) in [5, 5.41) is 0.767. The first-order valence-corrected chi connectivity index (χ1v) is 9.03. The zero-order valence-corrected chi connectivity index (χ0v) is 15.4. The molecule has 0 aliphatic heterocycles. The van der Waals surface area contributed by atoms with Crippen LogP contribution in [0.4, 0.5) is 5.69 Å². The van der Waals surface area contributed by atoms with E-state index in [1.807, 2.05) is 0 Å². The molecule has 3 aromatic carbocycles. The first-order chi connectivity index (χ1) is 13.0. The van der Waals surface area contributed by atoms with Crippen LogP contribution >= 0.6 is 15.9 Å². The Morgan fingerprint density at radius 1 is 0.815 bits per heavy atom. The van der Waals surface area contributed by atoms with Crippen molar-refractivity contribution >= 4 is 55.0 Å². The highest BCUT2D eigenvalue weighted by molar-refractivity contribution is 9.10. The van der Waals surface area contributed by atoms with E-state index in [0.717, 1.165) is 4.47 Å². The highest BCUT2D eigenvalue weighted by atomic mass is 79.9. The topological polar surface area (TPSA) is 93.0 Å². The van der Waals surface area contributed by atoms with E-state index in [2.05, 4.69) is 20.9 Å². The minimum absolute atomic E-state index is 0.130. The van der Waals surface area contributed by atoms with Gasteiger partial charge in [0.05, 0.1) is 16.6 Å². The summed E-state index contributed by atoms with van der Waals surface area (Å²) in [6.07, 6.45) is 0. The van der Waals surface area contributed by atoms with E-state index in [9.17, 15) is 14.4 Å². The van der Waals surface area contributed by atoms with Crippen molar-refractivity contribution in [3.05, 3.63) is 85.5 Å². The number of nitrogen functional groups attached to an aromatic ring is 1. The lowest BCUT2D eigenvalue weighted by Crippen LogP contribution is -2.24. The van der Waals surface area contributed by atoms with Gasteiger partial charge in [0, 0.05) is 37.6 Å². The minimum atomic E-state index is -0.315. The fourth-order valence-corrected chi connectivity index (χ4v) is 4.09. The smallest absolute Gasteiger partial charge is 0.197 e. The summed E-state index contributed by atoms with van der Waals surface area (Å²) >= 11 is 3.36. The number of hydrogen-bond donors (Lipinski definition) is 2. The summed E-state index contributed by atoms with van der Waals surface area (Å²) in [5.41, 5.74) is 7.90. The van der Waals surface area contributed by atoms with E-state index >= 15 is 0 Å². The average Bonchev–Trinajstić information content (AvgIpc) is 2.67. The normalized spacial score (nSPS) is 13.1. The first-order valence-electron chi connectivity index (χ1n) is 8.23. The molecule has 3 N–H and O–H groups in total. The number of nitrogens with one attached hydrogen (secondary N) is 1. The number of nitrogens with two attached hydrogens (primary N) is 1. The van der Waals surface area contributed by atoms with Crippen LogP contribution in [0.25, 0.3) is 21.8 Å². The van der Waals surface area contributed by atoms with E-state index in [1.165, 1.54) is 6.07 Å². The van der Waals surface area contributed by atoms with Gasteiger partial charge >= 0.3 is 0 Å². The van der Waals surface area contributed by atoms with Crippen molar-refractivity contribution in [2.45, 2.75) is 0 Å². The molecule has 0 saturated carbocycles. The van der Waals surface area contributed by atoms with Crippen molar-refractivity contribution in [2.24, 2.45) is 0 Å². The Balaban J connectivity index is 1.99. The van der Waals surface area contributed by atoms with Crippen LogP contribution in [0.2, 0.25) is 0 Å². The molecule has 4 aromatic rings. The van der Waals surface area contributed by atoms with Gasteiger partial charge < -0.3 is 10.7 Å². The number of hydrogen-bond acceptors (Lipinski definition) is 4. The molecular weight excluding hydrogens is 408 g/mol. The number of ketones is 2. The number of carbonyl (C=O) groups is 2. The number of fused-ring (bicyclic) bond motifs is 5. The third-order valence-electron chi connectivity index (χ3n) is 4.96. The molecule has 0 radical (unpaired) electrons. The molecule has 1 aliphatic carbocycles. The first kappa shape index (κ1) is 16.0. The zero-order chi connectivity index (χ0) is 18.9. The van der Waals surface area contributed by atoms with Crippen LogP contribution in [0.1, 0.15) is 31.8 Å². The summed E-state index contributed by atoms with van der Waals surface area (Å²) in [5.74, 6) is -0.624. The van der Waals surface area contributed by atoms with E-state index in [0.29, 0.717) is 27.5 Å². The molecule has 1 aromatic heterocycles. The number of pyridine rings is 1. The van der Waals surface area contributed by atoms with Crippen molar-refractivity contribution in [2.75, 3.05) is 5.73 Å². The predicted octanol–water partition coefficient (Wildman–Crippen LogP) is 3.80. The predicted molar refractivity (Wildman–Crippen MR) is 107 cm³/mol. The lowest BCUT2D eigenvalue weighted by atomic mass is 9.82. The molecule has 0 fully saturated rings. The molecule has 5 nitrogen and oxygen atoms in total. The summed E-state index contributed by atoms with van der Waals surface area (Å²) in [6, 6.07) is 13.4. The third-order valence-corrected chi connectivity index (χ3v) is 5.45. The molecule has 5 rings (SSSR count). The number of aromatic amines is 1. The molecule has 130 valence electrons. The molecule has 0 bridgehead atoms. The van der Waals surface area contributed by atoms with E-state index in [1.54, 1.807) is 42.5 Å². The molecular formula is C21H11BrN2O3. The van der Waals surface area contributed by atoms with Crippen LogP contribution in [-0.2, 0) is 0 Å². The summed E-state index contributed by atoms with van der Waals surface area (Å²) in [6.45, 7) is 0. The molecule has 0 atom stereocenters. The second kappa shape index (κ2) is 5.37. The summed E-state index contributed by atoms with van der Waals surface area (Å²) in [4.78, 5) is 42.3. The van der Waals surface area contributed by atoms with Gasteiger partial charge in [-0.3, -0.25) is 14.4 Å². The Labute approximate surface area is 160 Å². The van der Waals surface area contributed by atoms with Crippen LogP contribution < -0.4 is 11.2 Å². The Kier molecular flexibility index (Phi) is 3.18. The Bertz CT molecular complexity index is 1400. The van der Waals surface area contributed by atoms with Gasteiger partial charge in [-0.15, -0.1) is 0 Å². The zero-order valence-electron chi connectivity index (χ0n) is 13.8. The average molecular weight is 419 g/mol. The summed E-state index contributed by atoms with van der Waals surface area (Å²) < 4.78 is 0.769. The number of benzene rings is 3. The third kappa shape index (κ3) is 2.07. The molecule has 1 heterocycles. The Morgan fingerprint density at radius 2 is 1.48 bits per heavy atom. The molecule has 0 unspecified atom stereocenters. The van der Waals surface area contributed by atoms with E-state index < -0.39 is 0 Å². The van der Waals surface area contributed by atoms with E-state index in [4.69, 9.17) is 5.73 Å². The van der Waals surface area contributed by atoms with Crippen molar-refractivity contribution < 1.29 is 9.59 Å². The highest BCUT2D eigenvalue weighted by Crippen LogP contribution is 2.35. The Hall–Kier alpha value is -3.25. The van der Waals surface area contributed by atoms with Crippen molar-refractivity contribution in [3.63, 3.8) is 0 Å². The number of H-pyrrole nitrogens is 1. The van der Waals surface area contributed by atoms with Gasteiger partial charge in [-0.25, -0.2) is 0 Å². The molecule has 6 heteroatoms. The SMILES string of the molecule is Nc1cc2c(=O)c3cc(Br)ccc3[nH]c2c2c1C(=O)c1ccccc1C2=O. The van der Waals surface area contributed by atoms with Gasteiger partial charge in [0.1, 0.15) is 0 Å². The highest BCUT2D eigenvalue weighted by Gasteiger charge is 2.33. The standard InChI is InChI=1S/C21H11BrN2O3/c22-9-5-6-15-12(7-9)19(25)13-8-14(23)16-17(18(13)24-15)21(27)11-4-2-1-3-10(11)20(16)26/h1-8H,23H2,(H,24,25). The minimum Gasteiger partial charge on any atom is -0.398 e. The fourth-order valence-electron chi connectivity index (χ4n) is 3.73. The maximum atomic E-state index is 13.2. The lowest BCUT2D eigenvalue weighted by molar-refractivity contribution is 0.0981. The van der Waals surface area contributed by atoms with Crippen LogP contribution in [0.3, 0.4) is 0 Å². The van der Waals surface area contributed by atoms with Crippen molar-refractivity contribution in [3.8, 4) is 0 Å². The van der Waals surface area contributed by atoms with Gasteiger partial charge in [-0.1, -0.05) is 40.2 Å². The molecule has 27 heavy (non-hydrogen) atoms. The molecule has 0 saturated heterocycles. The number of anilines is 1. The van der Waals surface area contributed by atoms with Crippen LogP contribution in [0, 0.1) is 0 Å². The maximum Gasteiger partial charge on any atom is 0.197 e. The number of carbonyl (C=O) groups excluding carboxylic acids is 2. The quantitative estimate of drug-likeness (QED) is 0.295. The van der Waals surface area contributed by atoms with Gasteiger partial charge in [0.25, 0.3) is 0 Å². The summed E-state index contributed by atoms with van der Waals surface area (Å²) in [7, 11) is 0. The van der Waals surface area contributed by atoms with Gasteiger partial charge in [-0.05, 0) is 24.3 Å². The maximum absolute atomic E-state index is 13.2. The molecule has 0 amide bonds. The second-order valence-electron chi connectivity index (χ2n) is 6.49. The van der Waals surface area contributed by atoms with Crippen LogP contribution in [0.5, 0.6) is 0 Å². The number of halogens is 1. The second-order valence-corrected chi connectivity index (χ2v) is 7.40. The monoisotopic (exact) mass is 418 g/mol. The molecule has 1 aliphatic rings. The largest absolute Gasteiger partial charge is 0.398 e. The van der Waals surface area contributed by atoms with Crippen LogP contribution in [-0.4, -0.2) is 16.6 Å². The van der Waals surface area contributed by atoms with Crippen LogP contribution in [0.15, 0.2) is 57.8 Å². The van der Waals surface area contributed by atoms with Crippen molar-refractivity contribution in [1.29, 1.82) is 0 Å². The lowest BCUT2D eigenvalue weighted by Gasteiger charge is -2.20.